The molecular formula is C20H28N4O3. The highest BCUT2D eigenvalue weighted by Crippen LogP contribution is 2.29. The number of imide groups is 1. The minimum Gasteiger partial charge on any atom is -0.495 e. The normalized spacial score (nSPS) is 23.7. The van der Waals surface area contributed by atoms with E-state index in [9.17, 15) is 9.59 Å². The van der Waals surface area contributed by atoms with Crippen molar-refractivity contribution in [3.05, 3.63) is 24.3 Å². The summed E-state index contributed by atoms with van der Waals surface area (Å²) in [5, 5.41) is 0. The molecule has 7 nitrogen and oxygen atoms in total. The Morgan fingerprint density at radius 3 is 2.52 bits per heavy atom. The Balaban J connectivity index is 1.30. The van der Waals surface area contributed by atoms with E-state index in [0.717, 1.165) is 70.0 Å². The smallest absolute Gasteiger partial charge is 0.327 e. The molecule has 7 heteroatoms. The van der Waals surface area contributed by atoms with E-state index < -0.39 is 0 Å². The fourth-order valence-electron chi connectivity index (χ4n) is 4.40. The third-order valence-electron chi connectivity index (χ3n) is 5.97. The first kappa shape index (κ1) is 18.1. The van der Waals surface area contributed by atoms with Gasteiger partial charge in [0.05, 0.1) is 12.8 Å². The highest BCUT2D eigenvalue weighted by molar-refractivity contribution is 6.04. The zero-order valence-electron chi connectivity index (χ0n) is 16.0. The second kappa shape index (κ2) is 7.76. The molecule has 3 heterocycles. The number of carbonyl (C=O) groups excluding carboxylic acids is 2. The van der Waals surface area contributed by atoms with Gasteiger partial charge in [0.1, 0.15) is 11.8 Å². The Morgan fingerprint density at radius 1 is 1.00 bits per heavy atom. The summed E-state index contributed by atoms with van der Waals surface area (Å²) >= 11 is 0. The number of anilines is 1. The van der Waals surface area contributed by atoms with Gasteiger partial charge in [-0.15, -0.1) is 0 Å². The van der Waals surface area contributed by atoms with Crippen LogP contribution in [0, 0.1) is 0 Å². The van der Waals surface area contributed by atoms with Crippen LogP contribution in [0.15, 0.2) is 24.3 Å². The number of nitrogens with zero attached hydrogens (tertiary/aromatic N) is 4. The number of para-hydroxylation sites is 2. The summed E-state index contributed by atoms with van der Waals surface area (Å²) in [5.41, 5.74) is 1.13. The summed E-state index contributed by atoms with van der Waals surface area (Å²) in [7, 11) is 1.70. The van der Waals surface area contributed by atoms with Crippen molar-refractivity contribution in [2.24, 2.45) is 0 Å². The van der Waals surface area contributed by atoms with E-state index >= 15 is 0 Å². The fraction of sp³-hybridized carbons (Fsp3) is 0.600. The Hall–Kier alpha value is -2.28. The lowest BCUT2D eigenvalue weighted by Crippen LogP contribution is -2.49. The molecule has 1 aromatic carbocycles. The van der Waals surface area contributed by atoms with Crippen molar-refractivity contribution >= 4 is 17.6 Å². The van der Waals surface area contributed by atoms with Gasteiger partial charge in [0, 0.05) is 45.8 Å². The van der Waals surface area contributed by atoms with Crippen LogP contribution in [-0.2, 0) is 4.79 Å². The molecular weight excluding hydrogens is 344 g/mol. The number of urea groups is 1. The zero-order chi connectivity index (χ0) is 18.8. The zero-order valence-corrected chi connectivity index (χ0v) is 16.0. The number of rotatable bonds is 5. The first-order valence-electron chi connectivity index (χ1n) is 9.91. The molecule has 1 atom stereocenters. The summed E-state index contributed by atoms with van der Waals surface area (Å²) in [6, 6.07) is 7.80. The molecule has 1 aromatic rings. The largest absolute Gasteiger partial charge is 0.495 e. The number of methoxy groups -OCH3 is 1. The molecule has 0 spiro atoms. The van der Waals surface area contributed by atoms with E-state index in [2.05, 4.69) is 15.9 Å². The molecule has 0 radical (unpaired) electrons. The number of carbonyl (C=O) groups is 2. The Bertz CT molecular complexity index is 678. The van der Waals surface area contributed by atoms with Gasteiger partial charge >= 0.3 is 6.03 Å². The molecule has 3 amide bonds. The van der Waals surface area contributed by atoms with Crippen LogP contribution in [0.25, 0.3) is 0 Å². The number of piperidine rings is 1. The fourth-order valence-corrected chi connectivity index (χ4v) is 4.40. The summed E-state index contributed by atoms with van der Waals surface area (Å²) in [5.74, 6) is 0.906. The molecule has 0 N–H and O–H groups in total. The van der Waals surface area contributed by atoms with Crippen molar-refractivity contribution in [2.45, 2.75) is 25.3 Å². The van der Waals surface area contributed by atoms with Crippen LogP contribution >= 0.6 is 0 Å². The van der Waals surface area contributed by atoms with E-state index in [1.165, 1.54) is 4.90 Å². The summed E-state index contributed by atoms with van der Waals surface area (Å²) in [4.78, 5) is 33.0. The maximum Gasteiger partial charge on any atom is 0.327 e. The van der Waals surface area contributed by atoms with Gasteiger partial charge in [0.25, 0.3) is 5.91 Å². The number of ether oxygens (including phenoxy) is 1. The lowest BCUT2D eigenvalue weighted by molar-refractivity contribution is -0.129. The van der Waals surface area contributed by atoms with Crippen molar-refractivity contribution in [1.29, 1.82) is 0 Å². The number of hydrogen-bond acceptors (Lipinski definition) is 5. The number of hydrogen-bond donors (Lipinski definition) is 0. The van der Waals surface area contributed by atoms with Crippen LogP contribution in [0.2, 0.25) is 0 Å². The summed E-state index contributed by atoms with van der Waals surface area (Å²) in [6.07, 6.45) is 2.87. The second-order valence-electron chi connectivity index (χ2n) is 7.48. The van der Waals surface area contributed by atoms with Gasteiger partial charge < -0.3 is 14.5 Å². The predicted molar refractivity (Wildman–Crippen MR) is 103 cm³/mol. The molecule has 0 aliphatic carbocycles. The average Bonchev–Trinajstić information content (AvgIpc) is 2.97. The van der Waals surface area contributed by atoms with Gasteiger partial charge in [-0.25, -0.2) is 4.79 Å². The van der Waals surface area contributed by atoms with Gasteiger partial charge in [-0.1, -0.05) is 12.1 Å². The first-order valence-corrected chi connectivity index (χ1v) is 9.91. The molecule has 3 fully saturated rings. The molecule has 3 aliphatic rings. The molecule has 4 rings (SSSR count). The molecule has 0 unspecified atom stereocenters. The first-order chi connectivity index (χ1) is 13.2. The summed E-state index contributed by atoms with van der Waals surface area (Å²) in [6.45, 7) is 5.64. The van der Waals surface area contributed by atoms with Gasteiger partial charge in [-0.3, -0.25) is 14.6 Å². The van der Waals surface area contributed by atoms with Crippen LogP contribution in [0.3, 0.4) is 0 Å². The van der Waals surface area contributed by atoms with Crippen molar-refractivity contribution in [1.82, 2.24) is 14.7 Å². The number of piperazine rings is 1. The van der Waals surface area contributed by atoms with Crippen LogP contribution in [0.4, 0.5) is 10.5 Å². The third-order valence-corrected chi connectivity index (χ3v) is 5.97. The van der Waals surface area contributed by atoms with Crippen LogP contribution < -0.4 is 9.64 Å². The highest BCUT2D eigenvalue weighted by atomic mass is 16.5. The Morgan fingerprint density at radius 2 is 1.78 bits per heavy atom. The number of amides is 3. The SMILES string of the molecule is COc1ccccc1N1CCN(CCN2C(=O)[C@@H]3CCCCN3C2=O)CC1. The Labute approximate surface area is 160 Å². The van der Waals surface area contributed by atoms with Crippen molar-refractivity contribution < 1.29 is 14.3 Å². The molecule has 3 saturated heterocycles. The van der Waals surface area contributed by atoms with Crippen LogP contribution in [-0.4, -0.2) is 85.6 Å². The third kappa shape index (κ3) is 3.48. The molecule has 27 heavy (non-hydrogen) atoms. The molecule has 0 aromatic heterocycles. The van der Waals surface area contributed by atoms with Gasteiger partial charge in [-0.2, -0.15) is 0 Å². The van der Waals surface area contributed by atoms with Crippen LogP contribution in [0.5, 0.6) is 5.75 Å². The highest BCUT2D eigenvalue weighted by Gasteiger charge is 2.45. The quantitative estimate of drug-likeness (QED) is 0.736. The van der Waals surface area contributed by atoms with E-state index in [0.29, 0.717) is 6.54 Å². The average molecular weight is 372 g/mol. The van der Waals surface area contributed by atoms with E-state index in [-0.39, 0.29) is 18.0 Å². The summed E-state index contributed by atoms with van der Waals surface area (Å²) < 4.78 is 5.47. The predicted octanol–water partition coefficient (Wildman–Crippen LogP) is 1.63. The van der Waals surface area contributed by atoms with Crippen molar-refractivity contribution in [3.8, 4) is 5.75 Å². The molecule has 146 valence electrons. The van der Waals surface area contributed by atoms with Crippen molar-refractivity contribution in [3.63, 3.8) is 0 Å². The van der Waals surface area contributed by atoms with Crippen LogP contribution in [0.1, 0.15) is 19.3 Å². The van der Waals surface area contributed by atoms with E-state index in [1.807, 2.05) is 18.2 Å². The maximum atomic E-state index is 12.6. The van der Waals surface area contributed by atoms with Gasteiger partial charge in [0.2, 0.25) is 0 Å². The molecule has 0 bridgehead atoms. The number of benzene rings is 1. The monoisotopic (exact) mass is 372 g/mol. The van der Waals surface area contributed by atoms with Gasteiger partial charge in [0.15, 0.2) is 0 Å². The van der Waals surface area contributed by atoms with E-state index in [4.69, 9.17) is 4.74 Å². The lowest BCUT2D eigenvalue weighted by atomic mass is 10.0. The molecule has 3 aliphatic heterocycles. The minimum atomic E-state index is -0.200. The van der Waals surface area contributed by atoms with E-state index in [1.54, 1.807) is 12.0 Å². The number of fused-ring (bicyclic) bond motifs is 1. The van der Waals surface area contributed by atoms with Crippen molar-refractivity contribution in [2.75, 3.05) is 57.8 Å². The second-order valence-corrected chi connectivity index (χ2v) is 7.48. The Kier molecular flexibility index (Phi) is 5.20. The lowest BCUT2D eigenvalue weighted by Gasteiger charge is -2.37. The van der Waals surface area contributed by atoms with Gasteiger partial charge in [-0.05, 0) is 31.4 Å². The maximum absolute atomic E-state index is 12.6. The topological polar surface area (TPSA) is 56.3 Å². The minimum absolute atomic E-state index is 0.00681. The molecule has 0 saturated carbocycles. The standard InChI is InChI=1S/C20H28N4O3/c1-27-18-8-3-2-6-16(18)22-13-10-21(11-14-22)12-15-24-19(25)17-7-4-5-9-23(17)20(24)26/h2-3,6,8,17H,4-5,7,9-15H2,1H3/t17-/m0/s1.